The van der Waals surface area contributed by atoms with Crippen molar-refractivity contribution in [3.8, 4) is 0 Å². The van der Waals surface area contributed by atoms with Crippen molar-refractivity contribution in [3.05, 3.63) is 0 Å². The molecule has 0 saturated heterocycles. The quantitative estimate of drug-likeness (QED) is 0.576. The maximum atomic E-state index is 6.25. The minimum atomic E-state index is -2.23. The predicted octanol–water partition coefficient (Wildman–Crippen LogP) is 5.52. The Morgan fingerprint density at radius 2 is 1.70 bits per heavy atom. The van der Waals surface area contributed by atoms with E-state index >= 15 is 0 Å². The molecule has 2 nitrogen and oxygen atoms in total. The highest BCUT2D eigenvalue weighted by atomic mass is 28.4. The van der Waals surface area contributed by atoms with Crippen LogP contribution in [0.2, 0.25) is 10.6 Å². The molecule has 1 aliphatic rings. The number of hydrogen-bond donors (Lipinski definition) is 0. The Morgan fingerprint density at radius 3 is 2.15 bits per heavy atom. The first-order chi connectivity index (χ1) is 9.37. The Hall–Kier alpha value is 0.137. The van der Waals surface area contributed by atoms with Crippen molar-refractivity contribution in [2.24, 2.45) is 11.8 Å². The zero-order valence-electron chi connectivity index (χ0n) is 14.8. The van der Waals surface area contributed by atoms with E-state index in [2.05, 4.69) is 34.6 Å². The molecule has 20 heavy (non-hydrogen) atoms. The number of hydrogen-bond acceptors (Lipinski definition) is 2. The van der Waals surface area contributed by atoms with Gasteiger partial charge in [0.15, 0.2) is 0 Å². The highest BCUT2D eigenvalue weighted by molar-refractivity contribution is 6.72. The third kappa shape index (κ3) is 3.15. The highest BCUT2D eigenvalue weighted by Gasteiger charge is 2.59. The van der Waals surface area contributed by atoms with Crippen molar-refractivity contribution in [1.29, 1.82) is 0 Å². The molecule has 0 aromatic heterocycles. The average Bonchev–Trinajstić information content (AvgIpc) is 2.42. The smallest absolute Gasteiger partial charge is 0.347 e. The van der Waals surface area contributed by atoms with Crippen molar-refractivity contribution in [2.75, 3.05) is 14.2 Å². The van der Waals surface area contributed by atoms with E-state index in [0.717, 1.165) is 5.92 Å². The second-order valence-electron chi connectivity index (χ2n) is 7.36. The van der Waals surface area contributed by atoms with E-state index in [1.807, 2.05) is 14.2 Å². The molecular weight excluding hydrogens is 264 g/mol. The molecule has 1 rings (SSSR count). The van der Waals surface area contributed by atoms with E-state index < -0.39 is 8.56 Å². The van der Waals surface area contributed by atoms with E-state index in [1.165, 1.54) is 38.5 Å². The lowest BCUT2D eigenvalue weighted by molar-refractivity contribution is 0.152. The summed E-state index contributed by atoms with van der Waals surface area (Å²) in [6.07, 6.45) is 7.84. The van der Waals surface area contributed by atoms with Crippen molar-refractivity contribution < 1.29 is 8.85 Å². The van der Waals surface area contributed by atoms with Gasteiger partial charge in [0.05, 0.1) is 0 Å². The van der Waals surface area contributed by atoms with Crippen LogP contribution in [0, 0.1) is 11.8 Å². The molecule has 1 aliphatic carbocycles. The Morgan fingerprint density at radius 1 is 1.15 bits per heavy atom. The van der Waals surface area contributed by atoms with Crippen LogP contribution in [0.5, 0.6) is 0 Å². The normalized spacial score (nSPS) is 26.6. The molecule has 0 amide bonds. The van der Waals surface area contributed by atoms with Crippen LogP contribution in [0.25, 0.3) is 0 Å². The van der Waals surface area contributed by atoms with Crippen LogP contribution >= 0.6 is 0 Å². The van der Waals surface area contributed by atoms with E-state index in [1.54, 1.807) is 0 Å². The van der Waals surface area contributed by atoms with Crippen LogP contribution in [0.1, 0.15) is 73.1 Å². The summed E-state index contributed by atoms with van der Waals surface area (Å²) in [5.74, 6) is 1.39. The average molecular weight is 301 g/mol. The second kappa shape index (κ2) is 7.41. The first-order valence-corrected chi connectivity index (χ1v) is 10.4. The molecule has 0 N–H and O–H groups in total. The molecule has 0 aromatic carbocycles. The zero-order valence-corrected chi connectivity index (χ0v) is 15.8. The predicted molar refractivity (Wildman–Crippen MR) is 89.3 cm³/mol. The standard InChI is InChI=1S/C17H36O2Si/c1-8-11-15(3)17(4,5)20(18-6,19-7)16-13-10-9-12-14(16)2/h14-16H,8-13H2,1-7H3. The molecule has 0 aromatic rings. The fourth-order valence-corrected chi connectivity index (χ4v) is 9.52. The molecule has 3 heteroatoms. The lowest BCUT2D eigenvalue weighted by atomic mass is 9.90. The van der Waals surface area contributed by atoms with Gasteiger partial charge in [0, 0.05) is 24.8 Å². The van der Waals surface area contributed by atoms with E-state index in [0.29, 0.717) is 11.5 Å². The summed E-state index contributed by atoms with van der Waals surface area (Å²) >= 11 is 0. The largest absolute Gasteiger partial charge is 0.397 e. The first-order valence-electron chi connectivity index (χ1n) is 8.47. The summed E-state index contributed by atoms with van der Waals surface area (Å²) in [5, 5.41) is 0.156. The molecule has 0 spiro atoms. The van der Waals surface area contributed by atoms with Crippen LogP contribution in [0.15, 0.2) is 0 Å². The molecule has 3 unspecified atom stereocenters. The van der Waals surface area contributed by atoms with Gasteiger partial charge in [0.1, 0.15) is 0 Å². The summed E-state index contributed by atoms with van der Waals surface area (Å²) in [7, 11) is 1.57. The van der Waals surface area contributed by atoms with Crippen LogP contribution in [-0.4, -0.2) is 22.8 Å². The van der Waals surface area contributed by atoms with Gasteiger partial charge < -0.3 is 8.85 Å². The molecule has 120 valence electrons. The van der Waals surface area contributed by atoms with Crippen LogP contribution in [0.4, 0.5) is 0 Å². The Labute approximate surface area is 127 Å². The second-order valence-corrected chi connectivity index (χ2v) is 11.5. The van der Waals surface area contributed by atoms with Gasteiger partial charge in [0.25, 0.3) is 0 Å². The van der Waals surface area contributed by atoms with Gasteiger partial charge in [-0.3, -0.25) is 0 Å². The van der Waals surface area contributed by atoms with Crippen molar-refractivity contribution in [2.45, 2.75) is 83.7 Å². The Kier molecular flexibility index (Phi) is 6.74. The molecule has 0 radical (unpaired) electrons. The lowest BCUT2D eigenvalue weighted by Crippen LogP contribution is -2.58. The SMILES string of the molecule is CCCC(C)C(C)(C)[Si](OC)(OC)C1CCCCC1C. The third-order valence-corrected chi connectivity index (χ3v) is 11.4. The van der Waals surface area contributed by atoms with Crippen LogP contribution in [0.3, 0.4) is 0 Å². The molecule has 3 atom stereocenters. The van der Waals surface area contributed by atoms with E-state index in [9.17, 15) is 0 Å². The molecular formula is C17H36O2Si. The van der Waals surface area contributed by atoms with Gasteiger partial charge in [0.2, 0.25) is 0 Å². The number of rotatable bonds is 7. The highest BCUT2D eigenvalue weighted by Crippen LogP contribution is 2.56. The Bertz CT molecular complexity index is 287. The van der Waals surface area contributed by atoms with Gasteiger partial charge >= 0.3 is 8.56 Å². The summed E-state index contributed by atoms with van der Waals surface area (Å²) in [6.45, 7) is 11.9. The van der Waals surface area contributed by atoms with Crippen LogP contribution < -0.4 is 0 Å². The summed E-state index contributed by atoms with van der Waals surface area (Å²) in [6, 6.07) is 0. The van der Waals surface area contributed by atoms with Gasteiger partial charge in [-0.15, -0.1) is 0 Å². The maximum absolute atomic E-state index is 6.25. The first kappa shape index (κ1) is 18.2. The minimum Gasteiger partial charge on any atom is -0.397 e. The zero-order chi connectivity index (χ0) is 15.4. The summed E-state index contributed by atoms with van der Waals surface area (Å²) in [5.41, 5.74) is 0.639. The van der Waals surface area contributed by atoms with E-state index in [-0.39, 0.29) is 5.04 Å². The topological polar surface area (TPSA) is 18.5 Å². The van der Waals surface area contributed by atoms with Crippen molar-refractivity contribution in [1.82, 2.24) is 0 Å². The monoisotopic (exact) mass is 300 g/mol. The maximum Gasteiger partial charge on any atom is 0.347 e. The van der Waals surface area contributed by atoms with Crippen molar-refractivity contribution in [3.63, 3.8) is 0 Å². The van der Waals surface area contributed by atoms with Crippen LogP contribution in [-0.2, 0) is 8.85 Å². The fraction of sp³-hybridized carbons (Fsp3) is 1.00. The molecule has 0 aliphatic heterocycles. The van der Waals surface area contributed by atoms with Gasteiger partial charge in [-0.05, 0) is 18.3 Å². The minimum absolute atomic E-state index is 0.156. The molecule has 0 heterocycles. The molecule has 1 saturated carbocycles. The summed E-state index contributed by atoms with van der Waals surface area (Å²) < 4.78 is 12.5. The van der Waals surface area contributed by atoms with Gasteiger partial charge in [-0.25, -0.2) is 0 Å². The van der Waals surface area contributed by atoms with Gasteiger partial charge in [-0.1, -0.05) is 66.7 Å². The third-order valence-electron chi connectivity index (χ3n) is 6.06. The fourth-order valence-electron chi connectivity index (χ4n) is 4.41. The van der Waals surface area contributed by atoms with Gasteiger partial charge in [-0.2, -0.15) is 0 Å². The lowest BCUT2D eigenvalue weighted by Gasteiger charge is -2.51. The molecule has 1 fully saturated rings. The summed E-state index contributed by atoms with van der Waals surface area (Å²) in [4.78, 5) is 0. The van der Waals surface area contributed by atoms with Crippen molar-refractivity contribution >= 4 is 8.56 Å². The van der Waals surface area contributed by atoms with E-state index in [4.69, 9.17) is 8.85 Å². The molecule has 0 bridgehead atoms. The Balaban J connectivity index is 3.11.